The fourth-order valence-electron chi connectivity index (χ4n) is 2.01. The topological polar surface area (TPSA) is 93.7 Å². The third kappa shape index (κ3) is 5.25. The first-order valence-electron chi connectivity index (χ1n) is 7.24. The molecule has 0 aromatic rings. The zero-order valence-corrected chi connectivity index (χ0v) is 13.9. The van der Waals surface area contributed by atoms with Gasteiger partial charge in [0.05, 0.1) is 30.6 Å². The number of amides is 2. The molecule has 2 amide bonds. The molecule has 0 radical (unpaired) electrons. The highest BCUT2D eigenvalue weighted by molar-refractivity contribution is 8.00. The molecule has 22 heavy (non-hydrogen) atoms. The maximum absolute atomic E-state index is 12.1. The number of hydrogen-bond acceptors (Lipinski definition) is 6. The van der Waals surface area contributed by atoms with Gasteiger partial charge in [-0.05, 0) is 20.3 Å². The lowest BCUT2D eigenvalue weighted by molar-refractivity contribution is -0.140. The summed E-state index contributed by atoms with van der Waals surface area (Å²) in [5, 5.41) is 5.33. The van der Waals surface area contributed by atoms with Crippen molar-refractivity contribution in [3.63, 3.8) is 0 Å². The third-order valence-corrected chi connectivity index (χ3v) is 3.85. The highest BCUT2D eigenvalue weighted by Gasteiger charge is 2.31. The van der Waals surface area contributed by atoms with Crippen LogP contribution < -0.4 is 10.6 Å². The minimum Gasteiger partial charge on any atom is -0.465 e. The summed E-state index contributed by atoms with van der Waals surface area (Å²) in [5.74, 6) is -0.281. The average Bonchev–Trinajstić information content (AvgIpc) is 2.47. The number of thioether (sulfide) groups is 1. The van der Waals surface area contributed by atoms with E-state index in [9.17, 15) is 14.4 Å². The molecule has 0 unspecified atom stereocenters. The molecule has 8 heteroatoms. The predicted octanol–water partition coefficient (Wildman–Crippen LogP) is 1.19. The predicted molar refractivity (Wildman–Crippen MR) is 83.4 cm³/mol. The molecule has 124 valence electrons. The van der Waals surface area contributed by atoms with Crippen LogP contribution in [0.25, 0.3) is 0 Å². The molecule has 7 nitrogen and oxygen atoms in total. The number of rotatable bonds is 8. The molecule has 1 aliphatic heterocycles. The van der Waals surface area contributed by atoms with E-state index in [2.05, 4.69) is 10.6 Å². The average molecular weight is 330 g/mol. The zero-order chi connectivity index (χ0) is 16.5. The maximum atomic E-state index is 12.1. The Kier molecular flexibility index (Phi) is 7.79. The summed E-state index contributed by atoms with van der Waals surface area (Å²) in [6, 6.07) is -0.738. The number of urea groups is 1. The van der Waals surface area contributed by atoms with Crippen LogP contribution in [-0.2, 0) is 19.1 Å². The molecule has 0 spiro atoms. The van der Waals surface area contributed by atoms with Crippen molar-refractivity contribution < 1.29 is 23.9 Å². The molecule has 0 aliphatic carbocycles. The van der Waals surface area contributed by atoms with Gasteiger partial charge in [-0.3, -0.25) is 4.79 Å². The summed E-state index contributed by atoms with van der Waals surface area (Å²) in [7, 11) is 0. The molecule has 0 aromatic heterocycles. The second-order valence-electron chi connectivity index (χ2n) is 4.47. The van der Waals surface area contributed by atoms with Crippen LogP contribution in [0.3, 0.4) is 0 Å². The number of carbonyl (C=O) groups is 3. The van der Waals surface area contributed by atoms with Gasteiger partial charge in [0, 0.05) is 11.4 Å². The standard InChI is InChI=1S/C14H22N2O5S/c1-4-9-12(13(18)21-6-3)10(16-14(19)15-9)7-22-8-11(17)20-5-2/h9H,4-8H2,1-3H3,(H2,15,16,19)/t9-/m1/s1. The second kappa shape index (κ2) is 9.34. The van der Waals surface area contributed by atoms with Crippen molar-refractivity contribution in [2.45, 2.75) is 33.2 Å². The minimum atomic E-state index is -0.450. The van der Waals surface area contributed by atoms with Gasteiger partial charge < -0.3 is 20.1 Å². The molecule has 0 aromatic carbocycles. The smallest absolute Gasteiger partial charge is 0.337 e. The van der Waals surface area contributed by atoms with Crippen LogP contribution in [0.5, 0.6) is 0 Å². The summed E-state index contributed by atoms with van der Waals surface area (Å²) in [5.41, 5.74) is 0.906. The number of hydrogen-bond donors (Lipinski definition) is 2. The fraction of sp³-hybridized carbons (Fsp3) is 0.643. The van der Waals surface area contributed by atoms with Crippen LogP contribution in [0.1, 0.15) is 27.2 Å². The third-order valence-electron chi connectivity index (χ3n) is 2.92. The quantitative estimate of drug-likeness (QED) is 0.649. The Bertz CT molecular complexity index is 464. The molecule has 1 heterocycles. The molecular weight excluding hydrogens is 308 g/mol. The van der Waals surface area contributed by atoms with Crippen molar-refractivity contribution in [1.29, 1.82) is 0 Å². The van der Waals surface area contributed by atoms with E-state index in [0.717, 1.165) is 0 Å². The van der Waals surface area contributed by atoms with Gasteiger partial charge in [0.25, 0.3) is 0 Å². The molecular formula is C14H22N2O5S. The van der Waals surface area contributed by atoms with Crippen molar-refractivity contribution in [2.24, 2.45) is 0 Å². The molecule has 1 atom stereocenters. The van der Waals surface area contributed by atoms with Crippen LogP contribution in [0.4, 0.5) is 4.79 Å². The van der Waals surface area contributed by atoms with Gasteiger partial charge in [-0.25, -0.2) is 9.59 Å². The van der Waals surface area contributed by atoms with Crippen LogP contribution in [0.15, 0.2) is 11.3 Å². The van der Waals surface area contributed by atoms with Gasteiger partial charge in [0.1, 0.15) is 0 Å². The summed E-state index contributed by atoms with van der Waals surface area (Å²) in [6.07, 6.45) is 0.577. The van der Waals surface area contributed by atoms with Crippen LogP contribution in [0, 0.1) is 0 Å². The molecule has 0 fully saturated rings. The Morgan fingerprint density at radius 3 is 2.45 bits per heavy atom. The van der Waals surface area contributed by atoms with E-state index in [1.165, 1.54) is 11.8 Å². The van der Waals surface area contributed by atoms with E-state index in [0.29, 0.717) is 30.1 Å². The number of carbonyl (C=O) groups excluding carboxylic acids is 3. The maximum Gasteiger partial charge on any atom is 0.337 e. The van der Waals surface area contributed by atoms with Gasteiger partial charge in [0.2, 0.25) is 0 Å². The highest BCUT2D eigenvalue weighted by atomic mass is 32.2. The Morgan fingerprint density at radius 1 is 1.18 bits per heavy atom. The van der Waals surface area contributed by atoms with E-state index < -0.39 is 5.97 Å². The molecule has 2 N–H and O–H groups in total. The monoisotopic (exact) mass is 330 g/mol. The number of esters is 2. The number of nitrogens with one attached hydrogen (secondary N) is 2. The Hall–Kier alpha value is -1.70. The Labute approximate surface area is 134 Å². The SMILES string of the molecule is CCOC(=O)CSCC1=C(C(=O)OCC)[C@@H](CC)NC(=O)N1. The van der Waals surface area contributed by atoms with Gasteiger partial charge in [0.15, 0.2) is 0 Å². The number of ether oxygens (including phenoxy) is 2. The van der Waals surface area contributed by atoms with E-state index in [1.54, 1.807) is 13.8 Å². The summed E-state index contributed by atoms with van der Waals surface area (Å²) < 4.78 is 9.90. The summed E-state index contributed by atoms with van der Waals surface area (Å²) in [6.45, 7) is 5.93. The molecule has 1 aliphatic rings. The molecule has 0 bridgehead atoms. The highest BCUT2D eigenvalue weighted by Crippen LogP contribution is 2.20. The lowest BCUT2D eigenvalue weighted by Gasteiger charge is -2.28. The molecule has 0 saturated heterocycles. The molecule has 0 saturated carbocycles. The van der Waals surface area contributed by atoms with Gasteiger partial charge in [-0.15, -0.1) is 11.8 Å². The minimum absolute atomic E-state index is 0.160. The normalized spacial score (nSPS) is 17.6. The van der Waals surface area contributed by atoms with E-state index >= 15 is 0 Å². The first-order chi connectivity index (χ1) is 10.5. The zero-order valence-electron chi connectivity index (χ0n) is 13.1. The van der Waals surface area contributed by atoms with E-state index in [-0.39, 0.29) is 30.4 Å². The van der Waals surface area contributed by atoms with Crippen LogP contribution >= 0.6 is 11.8 Å². The second-order valence-corrected chi connectivity index (χ2v) is 5.46. The summed E-state index contributed by atoms with van der Waals surface area (Å²) in [4.78, 5) is 35.1. The first kappa shape index (κ1) is 18.3. The summed E-state index contributed by atoms with van der Waals surface area (Å²) >= 11 is 1.28. The fourth-order valence-corrected chi connectivity index (χ4v) is 2.80. The van der Waals surface area contributed by atoms with Crippen molar-refractivity contribution in [2.75, 3.05) is 24.7 Å². The van der Waals surface area contributed by atoms with Crippen molar-refractivity contribution in [3.8, 4) is 0 Å². The van der Waals surface area contributed by atoms with Crippen molar-refractivity contribution >= 4 is 29.7 Å². The van der Waals surface area contributed by atoms with Gasteiger partial charge in [-0.1, -0.05) is 6.92 Å². The van der Waals surface area contributed by atoms with E-state index in [4.69, 9.17) is 9.47 Å². The van der Waals surface area contributed by atoms with E-state index in [1.807, 2.05) is 6.92 Å². The van der Waals surface area contributed by atoms with Crippen molar-refractivity contribution in [1.82, 2.24) is 10.6 Å². The first-order valence-corrected chi connectivity index (χ1v) is 8.39. The molecule has 1 rings (SSSR count). The van der Waals surface area contributed by atoms with Gasteiger partial charge >= 0.3 is 18.0 Å². The lowest BCUT2D eigenvalue weighted by Crippen LogP contribution is -2.50. The largest absolute Gasteiger partial charge is 0.465 e. The Balaban J connectivity index is 2.83. The van der Waals surface area contributed by atoms with Gasteiger partial charge in [-0.2, -0.15) is 0 Å². The Morgan fingerprint density at radius 2 is 1.86 bits per heavy atom. The van der Waals surface area contributed by atoms with Crippen molar-refractivity contribution in [3.05, 3.63) is 11.3 Å². The van der Waals surface area contributed by atoms with Crippen LogP contribution in [-0.4, -0.2) is 48.7 Å². The van der Waals surface area contributed by atoms with Crippen LogP contribution in [0.2, 0.25) is 0 Å². The lowest BCUT2D eigenvalue weighted by atomic mass is 10.0.